The molecule has 1 unspecified atom stereocenters. The molecule has 162 valence electrons. The summed E-state index contributed by atoms with van der Waals surface area (Å²) >= 11 is 4.72. The number of rotatable bonds is 6. The molecule has 1 N–H and O–H groups in total. The van der Waals surface area contributed by atoms with E-state index in [4.69, 9.17) is 0 Å². The fourth-order valence-corrected chi connectivity index (χ4v) is 6.24. The smallest absolute Gasteiger partial charge is 0.253 e. The summed E-state index contributed by atoms with van der Waals surface area (Å²) in [5.74, 6) is 0.504. The standard InChI is InChI=1S/C22H24N4O2S3/c1-14-9-15(2)11-17(10-14)20(28)26-7-3-5-16(12-26)19(27)23-21-24-25-22(31-21)30-13-18-6-4-8-29-18/h4,6,8-11,16H,3,5,7,12-13H2,1-2H3,(H,23,24,27). The second-order valence-corrected chi connectivity index (χ2v) is 10.9. The minimum Gasteiger partial charge on any atom is -0.338 e. The molecular formula is C22H24N4O2S3. The maximum atomic E-state index is 13.0. The second-order valence-electron chi connectivity index (χ2n) is 7.70. The van der Waals surface area contributed by atoms with Crippen LogP contribution < -0.4 is 5.32 Å². The zero-order chi connectivity index (χ0) is 21.8. The summed E-state index contributed by atoms with van der Waals surface area (Å²) < 4.78 is 0.832. The van der Waals surface area contributed by atoms with Gasteiger partial charge < -0.3 is 10.2 Å². The molecule has 3 aromatic rings. The zero-order valence-electron chi connectivity index (χ0n) is 17.5. The summed E-state index contributed by atoms with van der Waals surface area (Å²) in [6, 6.07) is 10.0. The molecule has 2 amide bonds. The van der Waals surface area contributed by atoms with Crippen molar-refractivity contribution >= 4 is 51.4 Å². The first-order valence-corrected chi connectivity index (χ1v) is 12.8. The van der Waals surface area contributed by atoms with Crippen molar-refractivity contribution in [1.29, 1.82) is 0 Å². The molecule has 0 spiro atoms. The quantitative estimate of drug-likeness (QED) is 0.404. The monoisotopic (exact) mass is 472 g/mol. The van der Waals surface area contributed by atoms with Crippen LogP contribution in [0.25, 0.3) is 0 Å². The van der Waals surface area contributed by atoms with Crippen LogP contribution in [0.5, 0.6) is 0 Å². The number of nitrogens with one attached hydrogen (secondary N) is 1. The molecule has 1 fully saturated rings. The van der Waals surface area contributed by atoms with E-state index in [1.807, 2.05) is 32.0 Å². The number of carbonyl (C=O) groups excluding carboxylic acids is 2. The number of benzene rings is 1. The van der Waals surface area contributed by atoms with E-state index < -0.39 is 0 Å². The molecule has 0 radical (unpaired) electrons. The molecule has 0 bridgehead atoms. The van der Waals surface area contributed by atoms with Gasteiger partial charge in [-0.3, -0.25) is 9.59 Å². The van der Waals surface area contributed by atoms with Crippen molar-refractivity contribution in [2.45, 2.75) is 36.8 Å². The lowest BCUT2D eigenvalue weighted by atomic mass is 9.96. The van der Waals surface area contributed by atoms with Crippen LogP contribution >= 0.6 is 34.4 Å². The second kappa shape index (κ2) is 9.93. The molecule has 6 nitrogen and oxygen atoms in total. The Morgan fingerprint density at radius 3 is 2.77 bits per heavy atom. The van der Waals surface area contributed by atoms with E-state index >= 15 is 0 Å². The SMILES string of the molecule is Cc1cc(C)cc(C(=O)N2CCCC(C(=O)Nc3nnc(SCc4cccs4)s3)C2)c1. The minimum atomic E-state index is -0.241. The number of aryl methyl sites for hydroxylation is 2. The maximum absolute atomic E-state index is 13.0. The lowest BCUT2D eigenvalue weighted by Crippen LogP contribution is -2.43. The summed E-state index contributed by atoms with van der Waals surface area (Å²) in [5, 5.41) is 13.7. The lowest BCUT2D eigenvalue weighted by molar-refractivity contribution is -0.121. The molecule has 9 heteroatoms. The Kier molecular flexibility index (Phi) is 7.04. The first kappa shape index (κ1) is 22.0. The van der Waals surface area contributed by atoms with E-state index in [9.17, 15) is 9.59 Å². The van der Waals surface area contributed by atoms with Gasteiger partial charge in [0.25, 0.3) is 5.91 Å². The van der Waals surface area contributed by atoms with Gasteiger partial charge in [-0.05, 0) is 50.3 Å². The third-order valence-corrected chi connectivity index (χ3v) is 8.18. The molecule has 1 saturated heterocycles. The van der Waals surface area contributed by atoms with Crippen molar-refractivity contribution in [3.63, 3.8) is 0 Å². The Bertz CT molecular complexity index is 1040. The fraction of sp³-hybridized carbons (Fsp3) is 0.364. The Hall–Kier alpha value is -2.23. The molecule has 1 aromatic carbocycles. The van der Waals surface area contributed by atoms with Gasteiger partial charge in [-0.1, -0.05) is 46.4 Å². The van der Waals surface area contributed by atoms with Crippen molar-refractivity contribution in [3.8, 4) is 0 Å². The van der Waals surface area contributed by atoms with Crippen molar-refractivity contribution in [2.24, 2.45) is 5.92 Å². The summed E-state index contributed by atoms with van der Waals surface area (Å²) in [7, 11) is 0. The predicted octanol–water partition coefficient (Wildman–Crippen LogP) is 5.00. The van der Waals surface area contributed by atoms with Crippen LogP contribution in [-0.4, -0.2) is 40.0 Å². The number of aromatic nitrogens is 2. The van der Waals surface area contributed by atoms with Gasteiger partial charge in [0.2, 0.25) is 11.0 Å². The van der Waals surface area contributed by atoms with Gasteiger partial charge in [-0.2, -0.15) is 0 Å². The summed E-state index contributed by atoms with van der Waals surface area (Å²) in [4.78, 5) is 28.9. The number of thioether (sulfide) groups is 1. The van der Waals surface area contributed by atoms with E-state index in [0.29, 0.717) is 23.8 Å². The van der Waals surface area contributed by atoms with Gasteiger partial charge in [0.1, 0.15) is 0 Å². The summed E-state index contributed by atoms with van der Waals surface area (Å²) in [5.41, 5.74) is 2.83. The van der Waals surface area contributed by atoms with Crippen molar-refractivity contribution < 1.29 is 9.59 Å². The normalized spacial score (nSPS) is 16.3. The molecule has 3 heterocycles. The number of amides is 2. The van der Waals surface area contributed by atoms with Crippen LogP contribution in [0.2, 0.25) is 0 Å². The van der Waals surface area contributed by atoms with Crippen LogP contribution in [0.1, 0.15) is 39.2 Å². The first-order valence-electron chi connectivity index (χ1n) is 10.1. The molecule has 2 aromatic heterocycles. The van der Waals surface area contributed by atoms with Crippen LogP contribution in [0.4, 0.5) is 5.13 Å². The number of carbonyl (C=O) groups is 2. The fourth-order valence-electron chi connectivity index (χ4n) is 3.71. The van der Waals surface area contributed by atoms with Crippen LogP contribution in [0.3, 0.4) is 0 Å². The van der Waals surface area contributed by atoms with Gasteiger partial charge in [0, 0.05) is 29.3 Å². The van der Waals surface area contributed by atoms with E-state index in [-0.39, 0.29) is 17.7 Å². The van der Waals surface area contributed by atoms with E-state index in [1.54, 1.807) is 28.0 Å². The first-order chi connectivity index (χ1) is 15.0. The van der Waals surface area contributed by atoms with Crippen LogP contribution in [-0.2, 0) is 10.5 Å². The number of piperidine rings is 1. The highest BCUT2D eigenvalue weighted by molar-refractivity contribution is 8.00. The average molecular weight is 473 g/mol. The molecule has 0 saturated carbocycles. The van der Waals surface area contributed by atoms with Crippen molar-refractivity contribution in [2.75, 3.05) is 18.4 Å². The van der Waals surface area contributed by atoms with Crippen LogP contribution in [0.15, 0.2) is 40.1 Å². The van der Waals surface area contributed by atoms with Gasteiger partial charge in [0.05, 0.1) is 5.92 Å². The van der Waals surface area contributed by atoms with Gasteiger partial charge in [-0.25, -0.2) is 0 Å². The summed E-state index contributed by atoms with van der Waals surface area (Å²) in [6.45, 7) is 5.09. The number of anilines is 1. The molecule has 0 aliphatic carbocycles. The number of hydrogen-bond donors (Lipinski definition) is 1. The van der Waals surface area contributed by atoms with Gasteiger partial charge >= 0.3 is 0 Å². The number of nitrogens with zero attached hydrogens (tertiary/aromatic N) is 3. The Balaban J connectivity index is 1.34. The van der Waals surface area contributed by atoms with Crippen molar-refractivity contribution in [3.05, 3.63) is 57.3 Å². The number of thiophene rings is 1. The van der Waals surface area contributed by atoms with E-state index in [2.05, 4.69) is 33.0 Å². The van der Waals surface area contributed by atoms with E-state index in [0.717, 1.165) is 34.1 Å². The highest BCUT2D eigenvalue weighted by Crippen LogP contribution is 2.30. The topological polar surface area (TPSA) is 75.2 Å². The third kappa shape index (κ3) is 5.72. The molecular weight excluding hydrogens is 448 g/mol. The zero-order valence-corrected chi connectivity index (χ0v) is 19.9. The summed E-state index contributed by atoms with van der Waals surface area (Å²) in [6.07, 6.45) is 1.58. The number of hydrogen-bond acceptors (Lipinski definition) is 7. The van der Waals surface area contributed by atoms with E-state index in [1.165, 1.54) is 16.2 Å². The molecule has 1 aliphatic heterocycles. The lowest BCUT2D eigenvalue weighted by Gasteiger charge is -2.32. The predicted molar refractivity (Wildman–Crippen MR) is 127 cm³/mol. The Morgan fingerprint density at radius 1 is 1.23 bits per heavy atom. The Morgan fingerprint density at radius 2 is 2.03 bits per heavy atom. The molecule has 4 rings (SSSR count). The van der Waals surface area contributed by atoms with Gasteiger partial charge in [0.15, 0.2) is 4.34 Å². The van der Waals surface area contributed by atoms with Crippen LogP contribution in [0, 0.1) is 19.8 Å². The molecule has 1 atom stereocenters. The Labute approximate surface area is 194 Å². The third-order valence-electron chi connectivity index (χ3n) is 5.10. The highest BCUT2D eigenvalue weighted by atomic mass is 32.2. The molecule has 31 heavy (non-hydrogen) atoms. The van der Waals surface area contributed by atoms with Gasteiger partial charge in [-0.15, -0.1) is 21.5 Å². The minimum absolute atomic E-state index is 0.00696. The highest BCUT2D eigenvalue weighted by Gasteiger charge is 2.29. The molecule has 1 aliphatic rings. The number of likely N-dealkylation sites (tertiary alicyclic amines) is 1. The average Bonchev–Trinajstić information content (AvgIpc) is 3.43. The largest absolute Gasteiger partial charge is 0.338 e. The van der Waals surface area contributed by atoms with Crippen molar-refractivity contribution in [1.82, 2.24) is 15.1 Å². The maximum Gasteiger partial charge on any atom is 0.253 e.